The van der Waals surface area contributed by atoms with Gasteiger partial charge in [0.15, 0.2) is 0 Å². The Balaban J connectivity index is 1.95. The normalized spacial score (nSPS) is 19.3. The van der Waals surface area contributed by atoms with Gasteiger partial charge in [0.2, 0.25) is 0 Å². The van der Waals surface area contributed by atoms with Gasteiger partial charge in [-0.1, -0.05) is 11.6 Å². The van der Waals surface area contributed by atoms with Crippen molar-refractivity contribution in [1.29, 1.82) is 0 Å². The van der Waals surface area contributed by atoms with Crippen molar-refractivity contribution in [2.45, 2.75) is 19.3 Å². The maximum absolute atomic E-state index is 5.99. The van der Waals surface area contributed by atoms with Gasteiger partial charge in [0.05, 0.1) is 5.69 Å². The van der Waals surface area contributed by atoms with Crippen LogP contribution in [0.2, 0.25) is 5.15 Å². The van der Waals surface area contributed by atoms with Gasteiger partial charge in [-0.15, -0.1) is 0 Å². The predicted molar refractivity (Wildman–Crippen MR) is 61.0 cm³/mol. The predicted octanol–water partition coefficient (Wildman–Crippen LogP) is 2.01. The van der Waals surface area contributed by atoms with Crippen LogP contribution in [0.25, 0.3) is 0 Å². The van der Waals surface area contributed by atoms with E-state index in [0.717, 1.165) is 18.0 Å². The number of aromatic nitrogens is 2. The van der Waals surface area contributed by atoms with Crippen molar-refractivity contribution < 1.29 is 0 Å². The van der Waals surface area contributed by atoms with E-state index in [1.54, 1.807) is 12.4 Å². The van der Waals surface area contributed by atoms with Crippen LogP contribution in [0.1, 0.15) is 18.5 Å². The van der Waals surface area contributed by atoms with Crippen molar-refractivity contribution in [2.24, 2.45) is 5.92 Å². The Labute approximate surface area is 95.5 Å². The fourth-order valence-electron chi connectivity index (χ4n) is 2.03. The van der Waals surface area contributed by atoms with Crippen LogP contribution < -0.4 is 0 Å². The molecule has 0 saturated carbocycles. The van der Waals surface area contributed by atoms with Crippen LogP contribution in [0.3, 0.4) is 0 Å². The van der Waals surface area contributed by atoms with Crippen molar-refractivity contribution >= 4 is 11.6 Å². The molecule has 0 N–H and O–H groups in total. The highest BCUT2D eigenvalue weighted by Gasteiger charge is 2.18. The van der Waals surface area contributed by atoms with E-state index in [1.807, 2.05) is 0 Å². The van der Waals surface area contributed by atoms with Gasteiger partial charge in [-0.2, -0.15) is 0 Å². The molecule has 0 radical (unpaired) electrons. The lowest BCUT2D eigenvalue weighted by Gasteiger charge is -2.28. The van der Waals surface area contributed by atoms with E-state index >= 15 is 0 Å². The minimum Gasteiger partial charge on any atom is -0.306 e. The zero-order valence-electron chi connectivity index (χ0n) is 8.99. The maximum atomic E-state index is 5.99. The zero-order chi connectivity index (χ0) is 10.7. The van der Waals surface area contributed by atoms with Crippen molar-refractivity contribution in [3.05, 3.63) is 23.2 Å². The van der Waals surface area contributed by atoms with Crippen molar-refractivity contribution in [1.82, 2.24) is 14.9 Å². The summed E-state index contributed by atoms with van der Waals surface area (Å²) in [6.07, 6.45) is 6.81. The lowest BCUT2D eigenvalue weighted by Crippen LogP contribution is -2.31. The molecule has 0 aromatic carbocycles. The summed E-state index contributed by atoms with van der Waals surface area (Å²) in [5.74, 6) is 0.718. The van der Waals surface area contributed by atoms with Gasteiger partial charge in [0.25, 0.3) is 0 Å². The smallest absolute Gasteiger partial charge is 0.150 e. The Kier molecular flexibility index (Phi) is 3.54. The molecule has 1 saturated heterocycles. The Hall–Kier alpha value is -0.670. The van der Waals surface area contributed by atoms with Gasteiger partial charge in [-0.25, -0.2) is 4.98 Å². The number of halogens is 1. The van der Waals surface area contributed by atoms with E-state index in [2.05, 4.69) is 21.9 Å². The summed E-state index contributed by atoms with van der Waals surface area (Å²) in [4.78, 5) is 10.7. The fourth-order valence-corrected chi connectivity index (χ4v) is 2.21. The highest BCUT2D eigenvalue weighted by Crippen LogP contribution is 2.22. The molecule has 0 amide bonds. The van der Waals surface area contributed by atoms with Crippen LogP contribution in [0, 0.1) is 5.92 Å². The molecule has 1 aliphatic rings. The van der Waals surface area contributed by atoms with Crippen LogP contribution in [0.15, 0.2) is 12.4 Å². The second-order valence-electron chi connectivity index (χ2n) is 4.24. The average molecular weight is 226 g/mol. The van der Waals surface area contributed by atoms with E-state index in [0.29, 0.717) is 5.15 Å². The quantitative estimate of drug-likeness (QED) is 0.771. The van der Waals surface area contributed by atoms with Crippen LogP contribution in [-0.4, -0.2) is 35.0 Å². The zero-order valence-corrected chi connectivity index (χ0v) is 9.74. The third kappa shape index (κ3) is 2.89. The molecule has 0 aliphatic carbocycles. The molecule has 1 fully saturated rings. The van der Waals surface area contributed by atoms with E-state index < -0.39 is 0 Å². The van der Waals surface area contributed by atoms with Crippen LogP contribution >= 0.6 is 11.6 Å². The number of hydrogen-bond donors (Lipinski definition) is 0. The molecule has 82 valence electrons. The summed E-state index contributed by atoms with van der Waals surface area (Å²) in [6, 6.07) is 0. The molecule has 1 aromatic heterocycles. The lowest BCUT2D eigenvalue weighted by molar-refractivity contribution is 0.218. The monoisotopic (exact) mass is 225 g/mol. The molecule has 4 heteroatoms. The molecule has 3 nitrogen and oxygen atoms in total. The number of rotatable bonds is 2. The number of likely N-dealkylation sites (tertiary alicyclic amines) is 1. The summed E-state index contributed by atoms with van der Waals surface area (Å²) >= 11 is 5.99. The molecule has 2 rings (SSSR count). The fraction of sp³-hybridized carbons (Fsp3) is 0.636. The first kappa shape index (κ1) is 10.8. The molecule has 15 heavy (non-hydrogen) atoms. The summed E-state index contributed by atoms with van der Waals surface area (Å²) < 4.78 is 0. The minimum absolute atomic E-state index is 0.566. The second-order valence-corrected chi connectivity index (χ2v) is 4.60. The third-order valence-electron chi connectivity index (χ3n) is 3.04. The topological polar surface area (TPSA) is 29.0 Å². The first-order valence-electron chi connectivity index (χ1n) is 5.39. The summed E-state index contributed by atoms with van der Waals surface area (Å²) in [7, 11) is 2.17. The summed E-state index contributed by atoms with van der Waals surface area (Å²) in [5.41, 5.74) is 0.953. The summed E-state index contributed by atoms with van der Waals surface area (Å²) in [6.45, 7) is 2.37. The van der Waals surface area contributed by atoms with Gasteiger partial charge in [0.1, 0.15) is 5.15 Å². The van der Waals surface area contributed by atoms with E-state index in [-0.39, 0.29) is 0 Å². The molecule has 0 spiro atoms. The maximum Gasteiger partial charge on any atom is 0.150 e. The molecular formula is C11H16ClN3. The third-order valence-corrected chi connectivity index (χ3v) is 3.36. The molecular weight excluding hydrogens is 210 g/mol. The van der Waals surface area contributed by atoms with Crippen LogP contribution in [0.5, 0.6) is 0 Å². The molecule has 1 aromatic rings. The van der Waals surface area contributed by atoms with Gasteiger partial charge < -0.3 is 4.90 Å². The molecule has 0 unspecified atom stereocenters. The molecule has 1 aliphatic heterocycles. The van der Waals surface area contributed by atoms with E-state index in [1.165, 1.54) is 25.9 Å². The Bertz CT molecular complexity index is 321. The standard InChI is InChI=1S/C11H16ClN3/c1-15-6-2-9(3-7-15)8-10-11(12)14-5-4-13-10/h4-5,9H,2-3,6-8H2,1H3. The number of nitrogens with zero attached hydrogens (tertiary/aromatic N) is 3. The summed E-state index contributed by atoms with van der Waals surface area (Å²) in [5, 5.41) is 0.566. The SMILES string of the molecule is CN1CCC(Cc2nccnc2Cl)CC1. The first-order chi connectivity index (χ1) is 7.25. The molecule has 0 bridgehead atoms. The number of piperidine rings is 1. The Morgan fingerprint density at radius 1 is 1.33 bits per heavy atom. The van der Waals surface area contributed by atoms with Crippen molar-refractivity contribution in [3.63, 3.8) is 0 Å². The van der Waals surface area contributed by atoms with Gasteiger partial charge in [0, 0.05) is 12.4 Å². The largest absolute Gasteiger partial charge is 0.306 e. The highest BCUT2D eigenvalue weighted by atomic mass is 35.5. The number of hydrogen-bond acceptors (Lipinski definition) is 3. The van der Waals surface area contributed by atoms with E-state index in [9.17, 15) is 0 Å². The van der Waals surface area contributed by atoms with Gasteiger partial charge in [-0.05, 0) is 45.3 Å². The average Bonchev–Trinajstić information content (AvgIpc) is 2.25. The van der Waals surface area contributed by atoms with Crippen molar-refractivity contribution in [3.8, 4) is 0 Å². The Morgan fingerprint density at radius 2 is 2.00 bits per heavy atom. The van der Waals surface area contributed by atoms with Crippen LogP contribution in [-0.2, 0) is 6.42 Å². The first-order valence-corrected chi connectivity index (χ1v) is 5.77. The second kappa shape index (κ2) is 4.90. The van der Waals surface area contributed by atoms with Gasteiger partial charge in [-0.3, -0.25) is 4.98 Å². The lowest BCUT2D eigenvalue weighted by atomic mass is 9.92. The molecule has 2 heterocycles. The molecule has 0 atom stereocenters. The minimum atomic E-state index is 0.566. The Morgan fingerprint density at radius 3 is 2.67 bits per heavy atom. The van der Waals surface area contributed by atoms with E-state index in [4.69, 9.17) is 11.6 Å². The van der Waals surface area contributed by atoms with Crippen molar-refractivity contribution in [2.75, 3.05) is 20.1 Å². The van der Waals surface area contributed by atoms with Crippen LogP contribution in [0.4, 0.5) is 0 Å². The highest BCUT2D eigenvalue weighted by molar-refractivity contribution is 6.29. The van der Waals surface area contributed by atoms with Gasteiger partial charge >= 0.3 is 0 Å².